The second kappa shape index (κ2) is 67.9. The van der Waals surface area contributed by atoms with E-state index in [1.807, 2.05) is 0 Å². The molecule has 0 aromatic heterocycles. The Balaban J connectivity index is 5.15. The van der Waals surface area contributed by atoms with Crippen molar-refractivity contribution in [3.8, 4) is 0 Å². The Kier molecular flexibility index (Phi) is 66.5. The first-order chi connectivity index (χ1) is 45.9. The summed E-state index contributed by atoms with van der Waals surface area (Å²) in [5.41, 5.74) is 0. The Morgan fingerprint density at radius 3 is 0.747 bits per heavy atom. The zero-order valence-corrected chi connectivity index (χ0v) is 63.8. The molecule has 564 valence electrons. The summed E-state index contributed by atoms with van der Waals surface area (Å²) in [7, 11) is -9.90. The Hall–Kier alpha value is -1.94. The number of hydrogen-bond acceptors (Lipinski definition) is 15. The molecule has 19 heteroatoms. The Morgan fingerprint density at radius 2 is 0.505 bits per heavy atom. The molecule has 0 aromatic carbocycles. The lowest BCUT2D eigenvalue weighted by molar-refractivity contribution is -0.161. The van der Waals surface area contributed by atoms with Crippen molar-refractivity contribution < 1.29 is 80.2 Å². The van der Waals surface area contributed by atoms with Crippen molar-refractivity contribution in [2.24, 2.45) is 11.8 Å². The van der Waals surface area contributed by atoms with Crippen LogP contribution >= 0.6 is 15.6 Å². The molecule has 0 saturated heterocycles. The average molecular weight is 1400 g/mol. The van der Waals surface area contributed by atoms with Gasteiger partial charge in [0.2, 0.25) is 0 Å². The van der Waals surface area contributed by atoms with E-state index in [0.29, 0.717) is 25.7 Å². The van der Waals surface area contributed by atoms with E-state index in [9.17, 15) is 43.2 Å². The molecule has 0 bridgehead atoms. The molecule has 0 saturated carbocycles. The number of phosphoric ester groups is 2. The number of ether oxygens (including phenoxy) is 4. The monoisotopic (exact) mass is 1400 g/mol. The lowest BCUT2D eigenvalue weighted by atomic mass is 9.99. The van der Waals surface area contributed by atoms with Crippen LogP contribution in [0.1, 0.15) is 395 Å². The summed E-state index contributed by atoms with van der Waals surface area (Å²) in [5.74, 6) is -0.532. The van der Waals surface area contributed by atoms with Crippen molar-refractivity contribution in [2.75, 3.05) is 39.6 Å². The van der Waals surface area contributed by atoms with Crippen LogP contribution in [0.4, 0.5) is 0 Å². The number of aliphatic hydroxyl groups excluding tert-OH is 1. The molecule has 0 rings (SSSR count). The molecule has 0 radical (unpaired) electrons. The lowest BCUT2D eigenvalue weighted by Crippen LogP contribution is -2.30. The molecular weight excluding hydrogens is 1250 g/mol. The fraction of sp³-hybridized carbons (Fsp3) is 0.947. The molecule has 0 fully saturated rings. The zero-order valence-electron chi connectivity index (χ0n) is 62.0. The van der Waals surface area contributed by atoms with Gasteiger partial charge in [0.25, 0.3) is 0 Å². The number of aliphatic hydroxyl groups is 1. The molecule has 0 spiro atoms. The third-order valence-electron chi connectivity index (χ3n) is 18.4. The summed E-state index contributed by atoms with van der Waals surface area (Å²) in [6.45, 7) is 9.57. The molecule has 4 unspecified atom stereocenters. The molecule has 0 aliphatic heterocycles. The van der Waals surface area contributed by atoms with Crippen molar-refractivity contribution >= 4 is 39.5 Å². The van der Waals surface area contributed by atoms with Crippen LogP contribution in [-0.2, 0) is 65.4 Å². The predicted octanol–water partition coefficient (Wildman–Crippen LogP) is 22.3. The molecule has 0 aliphatic rings. The SMILES string of the molecule is CCCCCCCCCCCCCCCCCCC(=O)OC[C@H](COP(=O)(O)OC[C@@H](O)COP(=O)(O)OC[C@@H](COC(=O)CCCCCCCCC)OC(=O)CCCCCCCCC(C)CC)OC(=O)CCCCCCCCCCCCCCCCCCCCC(C)CC. The number of hydrogen-bond donors (Lipinski definition) is 3. The number of phosphoric acid groups is 2. The maximum absolute atomic E-state index is 13.1. The normalized spacial score (nSPS) is 14.6. The predicted molar refractivity (Wildman–Crippen MR) is 386 cm³/mol. The Morgan fingerprint density at radius 1 is 0.295 bits per heavy atom. The highest BCUT2D eigenvalue weighted by molar-refractivity contribution is 7.47. The van der Waals surface area contributed by atoms with Gasteiger partial charge in [-0.2, -0.15) is 0 Å². The van der Waals surface area contributed by atoms with Gasteiger partial charge in [-0.25, -0.2) is 9.13 Å². The van der Waals surface area contributed by atoms with Gasteiger partial charge in [0.05, 0.1) is 26.4 Å². The summed E-state index contributed by atoms with van der Waals surface area (Å²) in [5, 5.41) is 10.6. The highest BCUT2D eigenvalue weighted by atomic mass is 31.2. The van der Waals surface area contributed by atoms with Crippen molar-refractivity contribution in [1.29, 1.82) is 0 Å². The van der Waals surface area contributed by atoms with Gasteiger partial charge in [-0.3, -0.25) is 37.3 Å². The fourth-order valence-electron chi connectivity index (χ4n) is 11.6. The summed E-state index contributed by atoms with van der Waals surface area (Å²) < 4.78 is 68.3. The largest absolute Gasteiger partial charge is 0.472 e. The first-order valence-corrected chi connectivity index (χ1v) is 42.6. The molecule has 0 aliphatic carbocycles. The van der Waals surface area contributed by atoms with Gasteiger partial charge in [-0.05, 0) is 37.5 Å². The molecule has 95 heavy (non-hydrogen) atoms. The molecule has 0 aromatic rings. The van der Waals surface area contributed by atoms with Crippen molar-refractivity contribution in [1.82, 2.24) is 0 Å². The van der Waals surface area contributed by atoms with Crippen molar-refractivity contribution in [3.63, 3.8) is 0 Å². The number of rotatable bonds is 75. The number of carbonyl (C=O) groups is 4. The van der Waals surface area contributed by atoms with Gasteiger partial charge < -0.3 is 33.8 Å². The van der Waals surface area contributed by atoms with E-state index < -0.39 is 97.5 Å². The Labute approximate surface area is 581 Å². The maximum atomic E-state index is 13.1. The van der Waals surface area contributed by atoms with Gasteiger partial charge in [-0.15, -0.1) is 0 Å². The minimum atomic E-state index is -4.96. The van der Waals surface area contributed by atoms with Crippen molar-refractivity contribution in [2.45, 2.75) is 413 Å². The van der Waals surface area contributed by atoms with Gasteiger partial charge in [0, 0.05) is 25.7 Å². The number of carbonyl (C=O) groups excluding carboxylic acids is 4. The maximum Gasteiger partial charge on any atom is 0.472 e. The van der Waals surface area contributed by atoms with Crippen LogP contribution in [0.15, 0.2) is 0 Å². The summed E-state index contributed by atoms with van der Waals surface area (Å²) in [6.07, 6.45) is 55.8. The molecule has 7 atom stereocenters. The van der Waals surface area contributed by atoms with Gasteiger partial charge in [0.15, 0.2) is 12.2 Å². The number of unbranched alkanes of at least 4 members (excludes halogenated alkanes) is 43. The summed E-state index contributed by atoms with van der Waals surface area (Å²) >= 11 is 0. The Bertz CT molecular complexity index is 1840. The fourth-order valence-corrected chi connectivity index (χ4v) is 13.2. The van der Waals surface area contributed by atoms with Crippen LogP contribution in [0.5, 0.6) is 0 Å². The smallest absolute Gasteiger partial charge is 0.462 e. The molecule has 17 nitrogen and oxygen atoms in total. The van der Waals surface area contributed by atoms with Crippen LogP contribution in [0.25, 0.3) is 0 Å². The van der Waals surface area contributed by atoms with E-state index in [2.05, 4.69) is 41.5 Å². The quantitative estimate of drug-likeness (QED) is 0.0222. The number of esters is 4. The van der Waals surface area contributed by atoms with Gasteiger partial charge in [-0.1, -0.05) is 343 Å². The zero-order chi connectivity index (χ0) is 70.0. The van der Waals surface area contributed by atoms with Crippen LogP contribution < -0.4 is 0 Å². The first-order valence-electron chi connectivity index (χ1n) is 39.6. The summed E-state index contributed by atoms with van der Waals surface area (Å²) in [4.78, 5) is 72.6. The second-order valence-electron chi connectivity index (χ2n) is 27.9. The van der Waals surface area contributed by atoms with E-state index in [1.165, 1.54) is 199 Å². The van der Waals surface area contributed by atoms with E-state index in [-0.39, 0.29) is 25.7 Å². The minimum absolute atomic E-state index is 0.103. The van der Waals surface area contributed by atoms with Crippen LogP contribution in [-0.4, -0.2) is 96.7 Å². The molecule has 0 heterocycles. The topological polar surface area (TPSA) is 237 Å². The molecule has 3 N–H and O–H groups in total. The lowest BCUT2D eigenvalue weighted by Gasteiger charge is -2.21. The third kappa shape index (κ3) is 67.6. The van der Waals surface area contributed by atoms with Gasteiger partial charge >= 0.3 is 39.5 Å². The molecule has 0 amide bonds. The van der Waals surface area contributed by atoms with E-state index in [1.54, 1.807) is 0 Å². The second-order valence-corrected chi connectivity index (χ2v) is 30.8. The highest BCUT2D eigenvalue weighted by Crippen LogP contribution is 2.45. The van der Waals surface area contributed by atoms with E-state index in [4.69, 9.17) is 37.0 Å². The third-order valence-corrected chi connectivity index (χ3v) is 20.3. The van der Waals surface area contributed by atoms with Crippen LogP contribution in [0.3, 0.4) is 0 Å². The highest BCUT2D eigenvalue weighted by Gasteiger charge is 2.30. The van der Waals surface area contributed by atoms with Crippen LogP contribution in [0, 0.1) is 11.8 Å². The average Bonchev–Trinajstić information content (AvgIpc) is 1.86. The standard InChI is InChI=1S/C76H148O17P2/c1-7-11-13-15-17-18-19-20-21-27-30-33-36-40-47-53-59-74(79)87-65-71(92-75(80)60-54-48-41-37-34-31-28-25-23-22-24-26-29-32-35-39-44-50-56-68(5)9-3)66-90-94(82,83)88-62-70(77)63-89-95(84,85)91-67-72(64-86-73(78)58-52-46-38-16-14-12-8-2)93-76(81)61-55-49-43-42-45-51-57-69(6)10-4/h68-72,77H,7-67H2,1-6H3,(H,82,83)(H,84,85)/t68?,69?,70-,71-,72-/m1/s1. The van der Waals surface area contributed by atoms with E-state index in [0.717, 1.165) is 115 Å². The molecular formula is C76H148O17P2. The first kappa shape index (κ1) is 93.1. The van der Waals surface area contributed by atoms with Gasteiger partial charge in [0.1, 0.15) is 19.3 Å². The van der Waals surface area contributed by atoms with Crippen LogP contribution in [0.2, 0.25) is 0 Å². The van der Waals surface area contributed by atoms with Crippen molar-refractivity contribution in [3.05, 3.63) is 0 Å². The van der Waals surface area contributed by atoms with E-state index >= 15 is 0 Å². The minimum Gasteiger partial charge on any atom is -0.462 e. The summed E-state index contributed by atoms with van der Waals surface area (Å²) in [6, 6.07) is 0.